The zero-order chi connectivity index (χ0) is 7.56. The van der Waals surface area contributed by atoms with Gasteiger partial charge in [0.2, 0.25) is 0 Å². The second-order valence-corrected chi connectivity index (χ2v) is 2.57. The van der Waals surface area contributed by atoms with Crippen molar-refractivity contribution >= 4 is 27.4 Å². The first kappa shape index (κ1) is 7.12. The molecule has 1 aliphatic rings. The van der Waals surface area contributed by atoms with Gasteiger partial charge in [-0.05, 0) is 22.0 Å². The molecule has 0 heterocycles. The van der Waals surface area contributed by atoms with Gasteiger partial charge in [0, 0.05) is 12.2 Å². The molecule has 0 fully saturated rings. The molecular weight excluding hydrogens is 196 g/mol. The van der Waals surface area contributed by atoms with Crippen LogP contribution in [0.2, 0.25) is 0 Å². The largest absolute Gasteiger partial charge is 0.361 e. The molecule has 0 aromatic rings. The third-order valence-electron chi connectivity index (χ3n) is 1.03. The first-order valence-corrected chi connectivity index (χ1v) is 3.35. The van der Waals surface area contributed by atoms with Gasteiger partial charge in [-0.25, -0.2) is 0 Å². The number of halogens is 1. The summed E-state index contributed by atoms with van der Waals surface area (Å²) >= 11 is 3.05. The van der Waals surface area contributed by atoms with Gasteiger partial charge < -0.3 is 5.53 Å². The van der Waals surface area contributed by atoms with Crippen molar-refractivity contribution in [1.29, 1.82) is 0 Å². The highest BCUT2D eigenvalue weighted by Gasteiger charge is 2.14. The van der Waals surface area contributed by atoms with Crippen LogP contribution < -0.4 is 0 Å². The van der Waals surface area contributed by atoms with E-state index < -0.39 is 0 Å². The minimum Gasteiger partial charge on any atom is -0.361 e. The molecule has 0 atom stereocenters. The van der Waals surface area contributed by atoms with Gasteiger partial charge in [0.05, 0.1) is 0 Å². The minimum absolute atomic E-state index is 0.112. The van der Waals surface area contributed by atoms with E-state index in [2.05, 4.69) is 20.7 Å². The maximum atomic E-state index is 10.6. The van der Waals surface area contributed by atoms with Crippen LogP contribution in [0.25, 0.3) is 5.53 Å². The average molecular weight is 199 g/mol. The number of hydrogen-bond acceptors (Lipinski definition) is 1. The van der Waals surface area contributed by atoms with Crippen LogP contribution in [0.4, 0.5) is 0 Å². The second kappa shape index (κ2) is 2.73. The summed E-state index contributed by atoms with van der Waals surface area (Å²) in [5, 5.41) is 0. The summed E-state index contributed by atoms with van der Waals surface area (Å²) in [7, 11) is 0. The SMILES string of the molecule is [N-]=[N+]=C1C=CC(=O)C=C1Br. The molecule has 0 saturated carbocycles. The molecule has 1 aliphatic carbocycles. The normalized spacial score (nSPS) is 16.7. The number of hydrogen-bond donors (Lipinski definition) is 0. The van der Waals surface area contributed by atoms with Crippen LogP contribution in [0, 0.1) is 0 Å². The standard InChI is InChI=1S/C6H3BrN2O/c7-5-3-4(10)1-2-6(5)9-8/h1-3H. The molecule has 0 N–H and O–H groups in total. The van der Waals surface area contributed by atoms with Crippen molar-refractivity contribution in [3.8, 4) is 0 Å². The summed E-state index contributed by atoms with van der Waals surface area (Å²) in [4.78, 5) is 13.5. The Hall–Kier alpha value is -0.990. The monoisotopic (exact) mass is 198 g/mol. The van der Waals surface area contributed by atoms with Gasteiger partial charge in [0.25, 0.3) is 0 Å². The highest BCUT2D eigenvalue weighted by Crippen LogP contribution is 2.10. The van der Waals surface area contributed by atoms with Crippen LogP contribution in [0.5, 0.6) is 0 Å². The first-order chi connectivity index (χ1) is 4.74. The second-order valence-electron chi connectivity index (χ2n) is 1.71. The Morgan fingerprint density at radius 2 is 2.20 bits per heavy atom. The summed E-state index contributed by atoms with van der Waals surface area (Å²) in [6.07, 6.45) is 4.11. The number of carbonyl (C=O) groups excluding carboxylic acids is 1. The fourth-order valence-electron chi connectivity index (χ4n) is 0.569. The number of rotatable bonds is 0. The predicted molar refractivity (Wildman–Crippen MR) is 39.8 cm³/mol. The first-order valence-electron chi connectivity index (χ1n) is 2.55. The quantitative estimate of drug-likeness (QED) is 0.327. The zero-order valence-electron chi connectivity index (χ0n) is 4.91. The molecule has 10 heavy (non-hydrogen) atoms. The van der Waals surface area contributed by atoms with Crippen LogP contribution in [0.1, 0.15) is 0 Å². The Balaban J connectivity index is 3.08. The molecule has 0 aromatic heterocycles. The highest BCUT2D eigenvalue weighted by atomic mass is 79.9. The van der Waals surface area contributed by atoms with Gasteiger partial charge in [-0.2, -0.15) is 4.79 Å². The fourth-order valence-corrected chi connectivity index (χ4v) is 1.01. The molecule has 0 amide bonds. The molecule has 0 radical (unpaired) electrons. The van der Waals surface area contributed by atoms with E-state index in [1.54, 1.807) is 0 Å². The van der Waals surface area contributed by atoms with Crippen molar-refractivity contribution < 1.29 is 9.58 Å². The van der Waals surface area contributed by atoms with Gasteiger partial charge in [0.1, 0.15) is 4.48 Å². The van der Waals surface area contributed by atoms with E-state index >= 15 is 0 Å². The van der Waals surface area contributed by atoms with Crippen molar-refractivity contribution in [1.82, 2.24) is 0 Å². The smallest absolute Gasteiger partial charge is 0.329 e. The summed E-state index contributed by atoms with van der Waals surface area (Å²) in [6.45, 7) is 0. The van der Waals surface area contributed by atoms with Crippen molar-refractivity contribution in [2.75, 3.05) is 0 Å². The Morgan fingerprint density at radius 3 is 2.70 bits per heavy atom. The summed E-state index contributed by atoms with van der Waals surface area (Å²) in [6, 6.07) is 0. The Labute approximate surface area is 65.8 Å². The average Bonchev–Trinajstić information content (AvgIpc) is 1.88. The van der Waals surface area contributed by atoms with Crippen LogP contribution >= 0.6 is 15.9 Å². The van der Waals surface area contributed by atoms with Gasteiger partial charge in [-0.1, -0.05) is 0 Å². The molecule has 3 nitrogen and oxygen atoms in total. The van der Waals surface area contributed by atoms with E-state index in [1.165, 1.54) is 18.2 Å². The number of carbonyl (C=O) groups is 1. The lowest BCUT2D eigenvalue weighted by molar-refractivity contribution is -0.110. The van der Waals surface area contributed by atoms with Crippen molar-refractivity contribution in [3.63, 3.8) is 0 Å². The minimum atomic E-state index is -0.112. The maximum absolute atomic E-state index is 10.6. The third kappa shape index (κ3) is 1.29. The molecule has 0 bridgehead atoms. The molecule has 0 saturated heterocycles. The van der Waals surface area contributed by atoms with Crippen LogP contribution in [0.3, 0.4) is 0 Å². The maximum Gasteiger partial charge on any atom is 0.329 e. The Morgan fingerprint density at radius 1 is 1.50 bits per heavy atom. The molecule has 0 spiro atoms. The molecule has 1 rings (SSSR count). The lowest BCUT2D eigenvalue weighted by atomic mass is 10.2. The van der Waals surface area contributed by atoms with E-state index in [-0.39, 0.29) is 5.78 Å². The number of nitrogens with zero attached hydrogens (tertiary/aromatic N) is 2. The predicted octanol–water partition coefficient (Wildman–Crippen LogP) is 1.07. The van der Waals surface area contributed by atoms with Gasteiger partial charge >= 0.3 is 5.71 Å². The van der Waals surface area contributed by atoms with E-state index in [0.29, 0.717) is 10.2 Å². The highest BCUT2D eigenvalue weighted by molar-refractivity contribution is 9.12. The van der Waals surface area contributed by atoms with E-state index in [0.717, 1.165) is 0 Å². The van der Waals surface area contributed by atoms with Crippen LogP contribution in [-0.2, 0) is 4.79 Å². The number of ketones is 1. The fraction of sp³-hybridized carbons (Fsp3) is 0. The third-order valence-corrected chi connectivity index (χ3v) is 1.66. The van der Waals surface area contributed by atoms with E-state index in [1.807, 2.05) is 0 Å². The van der Waals surface area contributed by atoms with E-state index in [4.69, 9.17) is 5.53 Å². The lowest BCUT2D eigenvalue weighted by Crippen LogP contribution is -2.03. The summed E-state index contributed by atoms with van der Waals surface area (Å²) in [5.41, 5.74) is 8.66. The Kier molecular flexibility index (Phi) is 1.94. The summed E-state index contributed by atoms with van der Waals surface area (Å²) in [5.74, 6) is -0.112. The Bertz CT molecular complexity index is 284. The lowest BCUT2D eigenvalue weighted by Gasteiger charge is -1.91. The van der Waals surface area contributed by atoms with Gasteiger partial charge in [0.15, 0.2) is 5.78 Å². The van der Waals surface area contributed by atoms with Crippen LogP contribution in [-0.4, -0.2) is 16.3 Å². The van der Waals surface area contributed by atoms with Crippen molar-refractivity contribution in [2.24, 2.45) is 0 Å². The van der Waals surface area contributed by atoms with Crippen LogP contribution in [0.15, 0.2) is 22.7 Å². The van der Waals surface area contributed by atoms with Crippen molar-refractivity contribution in [3.05, 3.63) is 28.2 Å². The molecule has 4 heteroatoms. The van der Waals surface area contributed by atoms with E-state index in [9.17, 15) is 4.79 Å². The molecule has 0 unspecified atom stereocenters. The molecular formula is C6H3BrN2O. The molecule has 50 valence electrons. The zero-order valence-corrected chi connectivity index (χ0v) is 6.50. The van der Waals surface area contributed by atoms with Gasteiger partial charge in [-0.15, -0.1) is 0 Å². The number of allylic oxidation sites excluding steroid dienone is 4. The van der Waals surface area contributed by atoms with Crippen molar-refractivity contribution in [2.45, 2.75) is 0 Å². The van der Waals surface area contributed by atoms with Gasteiger partial charge in [-0.3, -0.25) is 4.79 Å². The summed E-state index contributed by atoms with van der Waals surface area (Å²) < 4.78 is 0.502. The molecule has 0 aromatic carbocycles. The topological polar surface area (TPSA) is 53.5 Å². The molecule has 0 aliphatic heterocycles.